The third kappa shape index (κ3) is 2.79. The molecule has 0 radical (unpaired) electrons. The number of nitrogens with zero attached hydrogens (tertiary/aromatic N) is 3. The topological polar surface area (TPSA) is 81.5 Å². The molecule has 27 heavy (non-hydrogen) atoms. The molecule has 7 nitrogen and oxygen atoms in total. The second-order valence-electron chi connectivity index (χ2n) is 6.32. The Morgan fingerprint density at radius 2 is 2.07 bits per heavy atom. The number of benzene rings is 1. The van der Waals surface area contributed by atoms with E-state index in [-0.39, 0.29) is 6.54 Å². The molecular formula is C19H17FN4O3. The molecule has 1 atom stereocenters. The zero-order valence-corrected chi connectivity index (χ0v) is 14.8. The fourth-order valence-corrected chi connectivity index (χ4v) is 3.14. The first-order valence-electron chi connectivity index (χ1n) is 8.46. The van der Waals surface area contributed by atoms with Gasteiger partial charge in [-0.15, -0.1) is 0 Å². The minimum Gasteiger partial charge on any atom is -0.463 e. The van der Waals surface area contributed by atoms with Gasteiger partial charge in [0.1, 0.15) is 23.2 Å². The SMILES string of the molecule is Cc1nn(C(C)C(=O)NCc2ccccc2F)c(=O)c2cc3occc3n12. The molecule has 0 aliphatic heterocycles. The lowest BCUT2D eigenvalue weighted by Crippen LogP contribution is -2.38. The number of hydrogen-bond donors (Lipinski definition) is 1. The van der Waals surface area contributed by atoms with Crippen LogP contribution in [0.15, 0.2) is 51.9 Å². The molecule has 1 unspecified atom stereocenters. The van der Waals surface area contributed by atoms with Gasteiger partial charge in [0, 0.05) is 24.2 Å². The maximum absolute atomic E-state index is 13.7. The Morgan fingerprint density at radius 1 is 1.30 bits per heavy atom. The van der Waals surface area contributed by atoms with Crippen LogP contribution >= 0.6 is 0 Å². The predicted molar refractivity (Wildman–Crippen MR) is 96.9 cm³/mol. The van der Waals surface area contributed by atoms with Crippen molar-refractivity contribution in [1.29, 1.82) is 0 Å². The first kappa shape index (κ1) is 17.0. The molecule has 1 aromatic carbocycles. The highest BCUT2D eigenvalue weighted by atomic mass is 19.1. The minimum absolute atomic E-state index is 0.0316. The number of fused-ring (bicyclic) bond motifs is 3. The molecule has 138 valence electrons. The molecule has 0 aliphatic carbocycles. The zero-order chi connectivity index (χ0) is 19.1. The summed E-state index contributed by atoms with van der Waals surface area (Å²) in [5.74, 6) is -0.268. The Morgan fingerprint density at radius 3 is 2.85 bits per heavy atom. The maximum atomic E-state index is 13.7. The van der Waals surface area contributed by atoms with Gasteiger partial charge in [-0.25, -0.2) is 9.07 Å². The van der Waals surface area contributed by atoms with Gasteiger partial charge in [0.2, 0.25) is 5.91 Å². The van der Waals surface area contributed by atoms with E-state index in [0.29, 0.717) is 22.5 Å². The maximum Gasteiger partial charge on any atom is 0.291 e. The summed E-state index contributed by atoms with van der Waals surface area (Å²) in [5.41, 5.74) is 1.67. The van der Waals surface area contributed by atoms with Gasteiger partial charge in [-0.05, 0) is 19.9 Å². The number of carbonyl (C=O) groups is 1. The van der Waals surface area contributed by atoms with E-state index >= 15 is 0 Å². The Balaban J connectivity index is 1.65. The van der Waals surface area contributed by atoms with E-state index < -0.39 is 23.3 Å². The van der Waals surface area contributed by atoms with Gasteiger partial charge in [-0.2, -0.15) is 5.10 Å². The molecule has 8 heteroatoms. The monoisotopic (exact) mass is 368 g/mol. The number of aromatic nitrogens is 3. The smallest absolute Gasteiger partial charge is 0.291 e. The second kappa shape index (κ2) is 6.39. The van der Waals surface area contributed by atoms with Crippen LogP contribution in [0.2, 0.25) is 0 Å². The lowest BCUT2D eigenvalue weighted by Gasteiger charge is -2.15. The van der Waals surface area contributed by atoms with Gasteiger partial charge >= 0.3 is 0 Å². The van der Waals surface area contributed by atoms with Gasteiger partial charge in [-0.1, -0.05) is 18.2 Å². The highest BCUT2D eigenvalue weighted by Gasteiger charge is 2.21. The standard InChI is InChI=1S/C19H17FN4O3/c1-11(18(25)21-10-13-5-3-4-6-14(13)20)24-19(26)16-9-17-15(7-8-27-17)23(16)12(2)22-24/h3-9,11H,10H2,1-2H3,(H,21,25). The van der Waals surface area contributed by atoms with Crippen LogP contribution in [-0.2, 0) is 11.3 Å². The number of halogens is 1. The van der Waals surface area contributed by atoms with Crippen LogP contribution in [0.4, 0.5) is 4.39 Å². The number of amides is 1. The molecule has 1 N–H and O–H groups in total. The summed E-state index contributed by atoms with van der Waals surface area (Å²) >= 11 is 0. The van der Waals surface area contributed by atoms with Crippen molar-refractivity contribution in [2.24, 2.45) is 0 Å². The number of hydrogen-bond acceptors (Lipinski definition) is 4. The minimum atomic E-state index is -0.853. The fraction of sp³-hybridized carbons (Fsp3) is 0.211. The van der Waals surface area contributed by atoms with Crippen LogP contribution in [0.3, 0.4) is 0 Å². The first-order chi connectivity index (χ1) is 13.0. The van der Waals surface area contributed by atoms with E-state index in [9.17, 15) is 14.0 Å². The van der Waals surface area contributed by atoms with Gasteiger partial charge in [0.05, 0.1) is 11.8 Å². The van der Waals surface area contributed by atoms with Gasteiger partial charge in [-0.3, -0.25) is 14.0 Å². The van der Waals surface area contributed by atoms with E-state index in [1.165, 1.54) is 6.07 Å². The molecule has 0 bridgehead atoms. The lowest BCUT2D eigenvalue weighted by atomic mass is 10.2. The third-order valence-electron chi connectivity index (χ3n) is 4.58. The largest absolute Gasteiger partial charge is 0.463 e. The van der Waals surface area contributed by atoms with Gasteiger partial charge in [0.15, 0.2) is 5.58 Å². The second-order valence-corrected chi connectivity index (χ2v) is 6.32. The van der Waals surface area contributed by atoms with Crippen molar-refractivity contribution >= 4 is 22.5 Å². The van der Waals surface area contributed by atoms with Crippen LogP contribution in [0.5, 0.6) is 0 Å². The number of nitrogens with one attached hydrogen (secondary N) is 1. The summed E-state index contributed by atoms with van der Waals surface area (Å²) in [4.78, 5) is 25.3. The molecule has 0 aliphatic rings. The summed E-state index contributed by atoms with van der Waals surface area (Å²) in [7, 11) is 0. The molecule has 0 saturated heterocycles. The molecular weight excluding hydrogens is 351 g/mol. The molecule has 3 aromatic heterocycles. The normalized spacial score (nSPS) is 12.6. The number of furan rings is 1. The van der Waals surface area contributed by atoms with Crippen LogP contribution in [-0.4, -0.2) is 20.1 Å². The van der Waals surface area contributed by atoms with Crippen LogP contribution < -0.4 is 10.9 Å². The van der Waals surface area contributed by atoms with Crippen molar-refractivity contribution < 1.29 is 13.6 Å². The summed E-state index contributed by atoms with van der Waals surface area (Å²) in [6, 6.07) is 8.73. The number of aryl methyl sites for hydroxylation is 1. The summed E-state index contributed by atoms with van der Waals surface area (Å²) in [6.07, 6.45) is 1.54. The van der Waals surface area contributed by atoms with E-state index in [0.717, 1.165) is 10.2 Å². The lowest BCUT2D eigenvalue weighted by molar-refractivity contribution is -0.124. The Kier molecular flexibility index (Phi) is 4.02. The van der Waals surface area contributed by atoms with E-state index in [4.69, 9.17) is 4.42 Å². The highest BCUT2D eigenvalue weighted by molar-refractivity contribution is 5.83. The van der Waals surface area contributed by atoms with E-state index in [2.05, 4.69) is 10.4 Å². The van der Waals surface area contributed by atoms with Gasteiger partial charge in [0.25, 0.3) is 5.56 Å². The molecule has 3 heterocycles. The Labute approximate surface area is 153 Å². The fourth-order valence-electron chi connectivity index (χ4n) is 3.14. The average Bonchev–Trinajstić information content (AvgIpc) is 3.24. The zero-order valence-electron chi connectivity index (χ0n) is 14.8. The first-order valence-corrected chi connectivity index (χ1v) is 8.46. The molecule has 4 aromatic rings. The summed E-state index contributed by atoms with van der Waals surface area (Å²) in [5, 5.41) is 6.94. The van der Waals surface area contributed by atoms with Crippen LogP contribution in [0.25, 0.3) is 16.6 Å². The van der Waals surface area contributed by atoms with Crippen molar-refractivity contribution in [2.75, 3.05) is 0 Å². The van der Waals surface area contributed by atoms with Crippen LogP contribution in [0, 0.1) is 12.7 Å². The predicted octanol–water partition coefficient (Wildman–Crippen LogP) is 2.57. The van der Waals surface area contributed by atoms with Crippen molar-refractivity contribution in [2.45, 2.75) is 26.4 Å². The van der Waals surface area contributed by atoms with Gasteiger partial charge < -0.3 is 9.73 Å². The van der Waals surface area contributed by atoms with Crippen molar-refractivity contribution in [1.82, 2.24) is 19.5 Å². The Hall–Kier alpha value is -3.42. The van der Waals surface area contributed by atoms with Crippen molar-refractivity contribution in [3.63, 3.8) is 0 Å². The number of carbonyl (C=O) groups excluding carboxylic acids is 1. The molecule has 0 fully saturated rings. The molecule has 1 amide bonds. The average molecular weight is 368 g/mol. The Bertz CT molecular complexity index is 1220. The van der Waals surface area contributed by atoms with Crippen molar-refractivity contribution in [3.05, 3.63) is 70.2 Å². The quantitative estimate of drug-likeness (QED) is 0.600. The summed E-state index contributed by atoms with van der Waals surface area (Å²) < 4.78 is 21.9. The molecule has 4 rings (SSSR count). The third-order valence-corrected chi connectivity index (χ3v) is 4.58. The highest BCUT2D eigenvalue weighted by Crippen LogP contribution is 2.20. The summed E-state index contributed by atoms with van der Waals surface area (Å²) in [6.45, 7) is 3.36. The number of rotatable bonds is 4. The molecule has 0 spiro atoms. The van der Waals surface area contributed by atoms with E-state index in [1.807, 2.05) is 0 Å². The molecule has 0 saturated carbocycles. The van der Waals surface area contributed by atoms with Crippen molar-refractivity contribution in [3.8, 4) is 0 Å². The van der Waals surface area contributed by atoms with E-state index in [1.54, 1.807) is 54.8 Å². The van der Waals surface area contributed by atoms with Crippen LogP contribution in [0.1, 0.15) is 24.4 Å².